The average molecular weight is 458 g/mol. The summed E-state index contributed by atoms with van der Waals surface area (Å²) in [5.41, 5.74) is 1.85. The number of hydrogen-bond acceptors (Lipinski definition) is 4. The van der Waals surface area contributed by atoms with E-state index >= 15 is 0 Å². The van der Waals surface area contributed by atoms with E-state index in [2.05, 4.69) is 0 Å². The summed E-state index contributed by atoms with van der Waals surface area (Å²) in [4.78, 5) is 26.6. The van der Waals surface area contributed by atoms with Crippen LogP contribution in [0, 0.1) is 0 Å². The molecule has 1 aliphatic rings. The van der Waals surface area contributed by atoms with Crippen molar-refractivity contribution in [2.45, 2.75) is 12.8 Å². The lowest BCUT2D eigenvalue weighted by molar-refractivity contribution is -0.122. The van der Waals surface area contributed by atoms with Gasteiger partial charge in [0, 0.05) is 23.2 Å². The molecule has 7 heteroatoms. The zero-order chi connectivity index (χ0) is 21.1. The maximum absolute atomic E-state index is 12.7. The van der Waals surface area contributed by atoms with Crippen LogP contribution in [0.4, 0.5) is 4.79 Å². The van der Waals surface area contributed by atoms with E-state index in [-0.39, 0.29) is 11.1 Å². The molecule has 1 fully saturated rings. The molecule has 0 N–H and O–H groups in total. The van der Waals surface area contributed by atoms with Gasteiger partial charge >= 0.3 is 0 Å². The zero-order valence-electron chi connectivity index (χ0n) is 15.8. The first-order valence-electron chi connectivity index (χ1n) is 9.36. The fourth-order valence-electron chi connectivity index (χ4n) is 3.17. The summed E-state index contributed by atoms with van der Waals surface area (Å²) in [6, 6.07) is 18.6. The predicted octanol–water partition coefficient (Wildman–Crippen LogP) is 6.92. The quantitative estimate of drug-likeness (QED) is 0.376. The van der Waals surface area contributed by atoms with E-state index < -0.39 is 0 Å². The lowest BCUT2D eigenvalue weighted by Crippen LogP contribution is -2.29. The van der Waals surface area contributed by atoms with Gasteiger partial charge in [0.1, 0.15) is 11.5 Å². The van der Waals surface area contributed by atoms with Crippen molar-refractivity contribution in [2.24, 2.45) is 0 Å². The third kappa shape index (κ3) is 4.64. The van der Waals surface area contributed by atoms with Crippen molar-refractivity contribution in [1.29, 1.82) is 0 Å². The first-order valence-corrected chi connectivity index (χ1v) is 10.9. The Morgan fingerprint density at radius 2 is 1.80 bits per heavy atom. The fourth-order valence-corrected chi connectivity index (χ4v) is 4.40. The number of furan rings is 1. The van der Waals surface area contributed by atoms with Crippen LogP contribution in [0.3, 0.4) is 0 Å². The molecule has 0 spiro atoms. The lowest BCUT2D eigenvalue weighted by Gasteiger charge is -2.11. The molecule has 1 aromatic heterocycles. The molecule has 152 valence electrons. The van der Waals surface area contributed by atoms with E-state index in [4.69, 9.17) is 27.6 Å². The zero-order valence-corrected chi connectivity index (χ0v) is 18.1. The Hall–Kier alpha value is -2.47. The smallest absolute Gasteiger partial charge is 0.293 e. The van der Waals surface area contributed by atoms with Crippen LogP contribution in [0.1, 0.15) is 17.7 Å². The maximum atomic E-state index is 12.7. The molecule has 0 atom stereocenters. The van der Waals surface area contributed by atoms with E-state index in [0.29, 0.717) is 45.0 Å². The summed E-state index contributed by atoms with van der Waals surface area (Å²) in [6.45, 7) is 0.387. The number of carbonyl (C=O) groups is 2. The summed E-state index contributed by atoms with van der Waals surface area (Å²) in [5.74, 6) is 0.712. The summed E-state index contributed by atoms with van der Waals surface area (Å²) in [6.07, 6.45) is 3.11. The average Bonchev–Trinajstić information content (AvgIpc) is 3.30. The second-order valence-electron chi connectivity index (χ2n) is 6.75. The van der Waals surface area contributed by atoms with Crippen LogP contribution in [0.2, 0.25) is 10.0 Å². The van der Waals surface area contributed by atoms with E-state index in [1.807, 2.05) is 30.3 Å². The number of imide groups is 1. The van der Waals surface area contributed by atoms with Crippen molar-refractivity contribution in [3.05, 3.63) is 86.9 Å². The third-order valence-electron chi connectivity index (χ3n) is 4.66. The minimum Gasteiger partial charge on any atom is -0.457 e. The van der Waals surface area contributed by atoms with Gasteiger partial charge in [-0.2, -0.15) is 0 Å². The number of aryl methyl sites for hydroxylation is 1. The van der Waals surface area contributed by atoms with Gasteiger partial charge in [0.25, 0.3) is 11.1 Å². The van der Waals surface area contributed by atoms with Gasteiger partial charge in [0.15, 0.2) is 0 Å². The number of nitrogens with zero attached hydrogens (tertiary/aromatic N) is 1. The normalized spacial score (nSPS) is 15.4. The maximum Gasteiger partial charge on any atom is 0.293 e. The Morgan fingerprint density at radius 3 is 2.60 bits per heavy atom. The van der Waals surface area contributed by atoms with Crippen molar-refractivity contribution in [3.8, 4) is 11.3 Å². The SMILES string of the molecule is O=C1S/C(=C/c2ccc(-c3cc(Cl)ccc3Cl)o2)C(=O)N1CCCc1ccccc1. The highest BCUT2D eigenvalue weighted by Gasteiger charge is 2.34. The highest BCUT2D eigenvalue weighted by Crippen LogP contribution is 2.35. The molecular weight excluding hydrogens is 441 g/mol. The molecule has 0 radical (unpaired) electrons. The number of carbonyl (C=O) groups excluding carboxylic acids is 2. The highest BCUT2D eigenvalue weighted by atomic mass is 35.5. The Labute approximate surface area is 188 Å². The van der Waals surface area contributed by atoms with E-state index in [1.165, 1.54) is 10.5 Å². The van der Waals surface area contributed by atoms with E-state index in [1.54, 1.807) is 36.4 Å². The first-order chi connectivity index (χ1) is 14.5. The number of hydrogen-bond donors (Lipinski definition) is 0. The number of amides is 2. The molecule has 1 saturated heterocycles. The van der Waals surface area contributed by atoms with Crippen LogP contribution in [0.5, 0.6) is 0 Å². The van der Waals surface area contributed by atoms with Crippen molar-refractivity contribution >= 4 is 52.2 Å². The minimum absolute atomic E-state index is 0.260. The minimum atomic E-state index is -0.295. The van der Waals surface area contributed by atoms with Gasteiger partial charge in [-0.05, 0) is 60.5 Å². The van der Waals surface area contributed by atoms with Crippen LogP contribution >= 0.6 is 35.0 Å². The molecule has 4 nitrogen and oxygen atoms in total. The van der Waals surface area contributed by atoms with Gasteiger partial charge in [-0.3, -0.25) is 14.5 Å². The largest absolute Gasteiger partial charge is 0.457 e. The monoisotopic (exact) mass is 457 g/mol. The molecule has 3 aromatic rings. The number of benzene rings is 2. The first kappa shape index (κ1) is 20.8. The van der Waals surface area contributed by atoms with Crippen LogP contribution in [0.25, 0.3) is 17.4 Å². The fraction of sp³-hybridized carbons (Fsp3) is 0.130. The molecule has 0 saturated carbocycles. The molecule has 4 rings (SSSR count). The van der Waals surface area contributed by atoms with Crippen LogP contribution in [0.15, 0.2) is 70.0 Å². The summed E-state index contributed by atoms with van der Waals surface area (Å²) >= 11 is 13.2. The Balaban J connectivity index is 1.44. The predicted molar refractivity (Wildman–Crippen MR) is 122 cm³/mol. The van der Waals surface area contributed by atoms with Crippen LogP contribution in [-0.4, -0.2) is 22.6 Å². The Kier molecular flexibility index (Phi) is 6.32. The molecule has 1 aliphatic heterocycles. The van der Waals surface area contributed by atoms with Gasteiger partial charge in [0.05, 0.1) is 9.93 Å². The van der Waals surface area contributed by atoms with Crippen LogP contribution in [-0.2, 0) is 11.2 Å². The number of halogens is 2. The van der Waals surface area contributed by atoms with E-state index in [0.717, 1.165) is 18.2 Å². The third-order valence-corrected chi connectivity index (χ3v) is 6.13. The summed E-state index contributed by atoms with van der Waals surface area (Å²) in [5, 5.41) is 0.798. The van der Waals surface area contributed by atoms with Gasteiger partial charge in [0.2, 0.25) is 0 Å². The van der Waals surface area contributed by atoms with Gasteiger partial charge in [-0.25, -0.2) is 0 Å². The van der Waals surface area contributed by atoms with Gasteiger partial charge < -0.3 is 4.42 Å². The van der Waals surface area contributed by atoms with Crippen molar-refractivity contribution in [1.82, 2.24) is 4.90 Å². The second kappa shape index (κ2) is 9.13. The molecule has 2 heterocycles. The molecule has 30 heavy (non-hydrogen) atoms. The molecule has 0 unspecified atom stereocenters. The summed E-state index contributed by atoms with van der Waals surface area (Å²) in [7, 11) is 0. The van der Waals surface area contributed by atoms with Crippen molar-refractivity contribution in [2.75, 3.05) is 6.54 Å². The molecular formula is C23H17Cl2NO3S. The van der Waals surface area contributed by atoms with Gasteiger partial charge in [-0.1, -0.05) is 53.5 Å². The number of rotatable bonds is 6. The Bertz CT molecular complexity index is 1120. The topological polar surface area (TPSA) is 50.5 Å². The second-order valence-corrected chi connectivity index (χ2v) is 8.59. The highest BCUT2D eigenvalue weighted by molar-refractivity contribution is 8.18. The molecule has 0 bridgehead atoms. The molecule has 0 aliphatic carbocycles. The van der Waals surface area contributed by atoms with Crippen molar-refractivity contribution in [3.63, 3.8) is 0 Å². The standard InChI is InChI=1S/C23H17Cl2NO3S/c24-16-8-10-19(25)18(13-16)20-11-9-17(29-20)14-21-22(27)26(23(28)30-21)12-4-7-15-5-2-1-3-6-15/h1-3,5-6,8-11,13-14H,4,7,12H2/b21-14+. The van der Waals surface area contributed by atoms with E-state index in [9.17, 15) is 9.59 Å². The van der Waals surface area contributed by atoms with Gasteiger partial charge in [-0.15, -0.1) is 0 Å². The molecule has 2 aromatic carbocycles. The number of thioether (sulfide) groups is 1. The Morgan fingerprint density at radius 1 is 1.00 bits per heavy atom. The van der Waals surface area contributed by atoms with Crippen molar-refractivity contribution < 1.29 is 14.0 Å². The summed E-state index contributed by atoms with van der Waals surface area (Å²) < 4.78 is 5.81. The van der Waals surface area contributed by atoms with Crippen LogP contribution < -0.4 is 0 Å². The lowest BCUT2D eigenvalue weighted by atomic mass is 10.1. The molecule has 2 amide bonds.